The van der Waals surface area contributed by atoms with Gasteiger partial charge >= 0.3 is 0 Å². The van der Waals surface area contributed by atoms with Crippen molar-refractivity contribution < 1.29 is 9.13 Å². The molecule has 0 amide bonds. The average molecular weight is 263 g/mol. The molecule has 0 N–H and O–H groups in total. The smallest absolute Gasteiger partial charge is 0.138 e. The molecule has 1 rings (SSSR count). The van der Waals surface area contributed by atoms with E-state index >= 15 is 0 Å². The molecule has 0 atom stereocenters. The van der Waals surface area contributed by atoms with Crippen molar-refractivity contribution in [2.45, 2.75) is 25.7 Å². The molecule has 0 saturated heterocycles. The number of ether oxygens (including phenoxy) is 1. The van der Waals surface area contributed by atoms with E-state index in [1.807, 2.05) is 0 Å². The van der Waals surface area contributed by atoms with Gasteiger partial charge in [0.15, 0.2) is 0 Å². The summed E-state index contributed by atoms with van der Waals surface area (Å²) >= 11 is 9.96. The SMILES string of the molecule is Fc1ccc(OCCCCCCS)c(Cl)c1. The van der Waals surface area contributed by atoms with Gasteiger partial charge in [-0.1, -0.05) is 24.4 Å². The molecular weight excluding hydrogens is 247 g/mol. The van der Waals surface area contributed by atoms with E-state index in [1.165, 1.54) is 18.6 Å². The molecular formula is C12H16ClFOS. The molecule has 0 aliphatic carbocycles. The van der Waals surface area contributed by atoms with E-state index in [0.717, 1.165) is 25.0 Å². The second-order valence-electron chi connectivity index (χ2n) is 3.56. The first-order chi connectivity index (χ1) is 7.74. The first-order valence-corrected chi connectivity index (χ1v) is 6.44. The van der Waals surface area contributed by atoms with E-state index in [-0.39, 0.29) is 5.82 Å². The van der Waals surface area contributed by atoms with E-state index in [1.54, 1.807) is 6.07 Å². The van der Waals surface area contributed by atoms with Crippen molar-refractivity contribution in [2.75, 3.05) is 12.4 Å². The Balaban J connectivity index is 2.21. The third-order valence-electron chi connectivity index (χ3n) is 2.20. The molecule has 1 aromatic rings. The fourth-order valence-electron chi connectivity index (χ4n) is 1.34. The monoisotopic (exact) mass is 262 g/mol. The minimum absolute atomic E-state index is 0.329. The van der Waals surface area contributed by atoms with Crippen LogP contribution in [0, 0.1) is 5.82 Å². The molecule has 0 saturated carbocycles. The molecule has 0 bridgehead atoms. The average Bonchev–Trinajstić information content (AvgIpc) is 2.26. The van der Waals surface area contributed by atoms with Gasteiger partial charge in [0.1, 0.15) is 11.6 Å². The highest BCUT2D eigenvalue weighted by molar-refractivity contribution is 7.80. The number of halogens is 2. The predicted molar refractivity (Wildman–Crippen MR) is 69.2 cm³/mol. The van der Waals surface area contributed by atoms with Crippen LogP contribution in [0.15, 0.2) is 18.2 Å². The zero-order valence-corrected chi connectivity index (χ0v) is 10.7. The van der Waals surface area contributed by atoms with E-state index in [4.69, 9.17) is 16.3 Å². The number of unbranched alkanes of at least 4 members (excludes halogenated alkanes) is 3. The first kappa shape index (κ1) is 13.7. The maximum atomic E-state index is 12.7. The van der Waals surface area contributed by atoms with Gasteiger partial charge in [-0.3, -0.25) is 0 Å². The van der Waals surface area contributed by atoms with Crippen LogP contribution in [0.1, 0.15) is 25.7 Å². The summed E-state index contributed by atoms with van der Waals surface area (Å²) in [5.41, 5.74) is 0. The van der Waals surface area contributed by atoms with Crippen LogP contribution in [0.25, 0.3) is 0 Å². The zero-order valence-electron chi connectivity index (χ0n) is 9.09. The van der Waals surface area contributed by atoms with Crippen molar-refractivity contribution >= 4 is 24.2 Å². The summed E-state index contributed by atoms with van der Waals surface area (Å²) in [6.45, 7) is 0.623. The molecule has 4 heteroatoms. The Bertz CT molecular complexity index is 320. The molecule has 1 aromatic carbocycles. The van der Waals surface area contributed by atoms with Gasteiger partial charge in [-0.15, -0.1) is 0 Å². The van der Waals surface area contributed by atoms with Gasteiger partial charge in [-0.25, -0.2) is 4.39 Å². The van der Waals surface area contributed by atoms with Crippen LogP contribution in [-0.4, -0.2) is 12.4 Å². The van der Waals surface area contributed by atoms with Crippen molar-refractivity contribution in [3.8, 4) is 5.75 Å². The summed E-state index contributed by atoms with van der Waals surface area (Å²) in [7, 11) is 0. The topological polar surface area (TPSA) is 9.23 Å². The minimum atomic E-state index is -0.342. The van der Waals surface area contributed by atoms with E-state index in [9.17, 15) is 4.39 Å². The highest BCUT2D eigenvalue weighted by atomic mass is 35.5. The normalized spacial score (nSPS) is 10.4. The van der Waals surface area contributed by atoms with Gasteiger partial charge in [0.25, 0.3) is 0 Å². The lowest BCUT2D eigenvalue weighted by atomic mass is 10.2. The zero-order chi connectivity index (χ0) is 11.8. The lowest BCUT2D eigenvalue weighted by Crippen LogP contribution is -1.98. The maximum Gasteiger partial charge on any atom is 0.138 e. The first-order valence-electron chi connectivity index (χ1n) is 5.43. The van der Waals surface area contributed by atoms with Crippen molar-refractivity contribution in [2.24, 2.45) is 0 Å². The summed E-state index contributed by atoms with van der Waals surface area (Å²) in [5, 5.41) is 0.329. The number of hydrogen-bond donors (Lipinski definition) is 1. The fraction of sp³-hybridized carbons (Fsp3) is 0.500. The molecule has 0 aromatic heterocycles. The summed E-state index contributed by atoms with van der Waals surface area (Å²) in [4.78, 5) is 0. The molecule has 0 aliphatic heterocycles. The van der Waals surface area contributed by atoms with Crippen LogP contribution in [0.2, 0.25) is 5.02 Å². The summed E-state index contributed by atoms with van der Waals surface area (Å²) in [6, 6.07) is 4.17. The standard InChI is InChI=1S/C12H16ClFOS/c13-11-9-10(14)5-6-12(11)15-7-3-1-2-4-8-16/h5-6,9,16H,1-4,7-8H2. The second-order valence-corrected chi connectivity index (χ2v) is 4.42. The molecule has 0 fully saturated rings. The van der Waals surface area contributed by atoms with Crippen molar-refractivity contribution in [1.29, 1.82) is 0 Å². The highest BCUT2D eigenvalue weighted by Gasteiger charge is 2.02. The van der Waals surface area contributed by atoms with Crippen LogP contribution in [-0.2, 0) is 0 Å². The Kier molecular flexibility index (Phi) is 6.65. The Morgan fingerprint density at radius 1 is 1.19 bits per heavy atom. The quantitative estimate of drug-likeness (QED) is 0.568. The fourth-order valence-corrected chi connectivity index (χ4v) is 1.79. The van der Waals surface area contributed by atoms with E-state index < -0.39 is 0 Å². The van der Waals surface area contributed by atoms with Gasteiger partial charge in [0.2, 0.25) is 0 Å². The number of thiol groups is 1. The third kappa shape index (κ3) is 5.08. The summed E-state index contributed by atoms with van der Waals surface area (Å²) < 4.78 is 18.2. The van der Waals surface area contributed by atoms with Crippen molar-refractivity contribution in [1.82, 2.24) is 0 Å². The largest absolute Gasteiger partial charge is 0.492 e. The highest BCUT2D eigenvalue weighted by Crippen LogP contribution is 2.24. The number of benzene rings is 1. The molecule has 0 radical (unpaired) electrons. The van der Waals surface area contributed by atoms with Crippen LogP contribution < -0.4 is 4.74 Å². The summed E-state index contributed by atoms with van der Waals surface area (Å²) in [6.07, 6.45) is 4.42. The molecule has 0 unspecified atom stereocenters. The van der Waals surface area contributed by atoms with Crippen LogP contribution >= 0.6 is 24.2 Å². The Hall–Kier alpha value is -0.410. The van der Waals surface area contributed by atoms with Gasteiger partial charge in [-0.2, -0.15) is 12.6 Å². The van der Waals surface area contributed by atoms with Crippen LogP contribution in [0.5, 0.6) is 5.75 Å². The van der Waals surface area contributed by atoms with Gasteiger partial charge in [-0.05, 0) is 36.8 Å². The molecule has 1 nitrogen and oxygen atoms in total. The van der Waals surface area contributed by atoms with Crippen LogP contribution in [0.4, 0.5) is 4.39 Å². The third-order valence-corrected chi connectivity index (χ3v) is 2.82. The molecule has 0 spiro atoms. The van der Waals surface area contributed by atoms with E-state index in [0.29, 0.717) is 17.4 Å². The number of hydrogen-bond acceptors (Lipinski definition) is 2. The molecule has 0 heterocycles. The Morgan fingerprint density at radius 3 is 2.62 bits per heavy atom. The Labute approximate surface area is 106 Å². The lowest BCUT2D eigenvalue weighted by molar-refractivity contribution is 0.305. The second kappa shape index (κ2) is 7.80. The predicted octanol–water partition coefficient (Wildman–Crippen LogP) is 4.35. The lowest BCUT2D eigenvalue weighted by Gasteiger charge is -2.07. The van der Waals surface area contributed by atoms with Crippen molar-refractivity contribution in [3.63, 3.8) is 0 Å². The summed E-state index contributed by atoms with van der Waals surface area (Å²) in [5.74, 6) is 1.15. The maximum absolute atomic E-state index is 12.7. The van der Waals surface area contributed by atoms with Gasteiger partial charge < -0.3 is 4.74 Å². The van der Waals surface area contributed by atoms with Gasteiger partial charge in [0.05, 0.1) is 11.6 Å². The molecule has 0 aliphatic rings. The minimum Gasteiger partial charge on any atom is -0.492 e. The van der Waals surface area contributed by atoms with E-state index in [2.05, 4.69) is 12.6 Å². The molecule has 90 valence electrons. The van der Waals surface area contributed by atoms with Gasteiger partial charge in [0, 0.05) is 0 Å². The Morgan fingerprint density at radius 2 is 1.94 bits per heavy atom. The van der Waals surface area contributed by atoms with Crippen molar-refractivity contribution in [3.05, 3.63) is 29.0 Å². The van der Waals surface area contributed by atoms with Crippen LogP contribution in [0.3, 0.4) is 0 Å². The number of rotatable bonds is 7. The molecule has 16 heavy (non-hydrogen) atoms.